The Morgan fingerprint density at radius 1 is 1.17 bits per heavy atom. The van der Waals surface area contributed by atoms with E-state index in [0.717, 1.165) is 43.8 Å². The summed E-state index contributed by atoms with van der Waals surface area (Å²) in [6.07, 6.45) is 3.36. The number of aromatic hydroxyl groups is 1. The van der Waals surface area contributed by atoms with Crippen LogP contribution in [0.1, 0.15) is 30.9 Å². The van der Waals surface area contributed by atoms with Crippen LogP contribution in [0.2, 0.25) is 0 Å². The van der Waals surface area contributed by atoms with Gasteiger partial charge in [0.05, 0.1) is 12.2 Å². The number of rotatable bonds is 5. The molecule has 0 spiro atoms. The van der Waals surface area contributed by atoms with E-state index in [2.05, 4.69) is 43.0 Å². The maximum absolute atomic E-state index is 9.78. The molecule has 122 valence electrons. The fraction of sp³-hybridized carbons (Fsp3) is 0.400. The quantitative estimate of drug-likeness (QED) is 0.893. The molecule has 0 radical (unpaired) electrons. The molecule has 1 unspecified atom stereocenters. The number of hydrogen-bond donors (Lipinski definition) is 1. The number of benzene rings is 2. The van der Waals surface area contributed by atoms with E-state index in [4.69, 9.17) is 4.74 Å². The zero-order valence-corrected chi connectivity index (χ0v) is 14.0. The number of phenolic OH excluding ortho intramolecular Hbond substituents is 1. The molecule has 1 aliphatic heterocycles. The van der Waals surface area contributed by atoms with Gasteiger partial charge >= 0.3 is 0 Å². The first-order valence-electron chi connectivity index (χ1n) is 8.46. The van der Waals surface area contributed by atoms with Gasteiger partial charge in [-0.1, -0.05) is 43.2 Å². The monoisotopic (exact) mass is 311 g/mol. The second kappa shape index (κ2) is 6.95. The Balaban J connectivity index is 1.78. The van der Waals surface area contributed by atoms with E-state index in [-0.39, 0.29) is 6.10 Å². The molecule has 3 heteroatoms. The zero-order chi connectivity index (χ0) is 16.2. The third kappa shape index (κ3) is 3.79. The van der Waals surface area contributed by atoms with Gasteiger partial charge in [0, 0.05) is 19.0 Å². The first kappa shape index (κ1) is 15.7. The second-order valence-corrected chi connectivity index (χ2v) is 6.38. The summed E-state index contributed by atoms with van der Waals surface area (Å²) in [5.74, 6) is 1.17. The second-order valence-electron chi connectivity index (χ2n) is 6.38. The minimum Gasteiger partial charge on any atom is -0.508 e. The van der Waals surface area contributed by atoms with Crippen LogP contribution in [0.15, 0.2) is 42.5 Å². The maximum atomic E-state index is 9.78. The zero-order valence-electron chi connectivity index (χ0n) is 14.0. The lowest BCUT2D eigenvalue weighted by molar-refractivity contribution is 0.193. The van der Waals surface area contributed by atoms with Gasteiger partial charge in [-0.15, -0.1) is 0 Å². The van der Waals surface area contributed by atoms with Crippen molar-refractivity contribution in [2.24, 2.45) is 0 Å². The summed E-state index contributed by atoms with van der Waals surface area (Å²) in [7, 11) is 0. The Bertz CT molecular complexity index is 651. The lowest BCUT2D eigenvalue weighted by Crippen LogP contribution is -2.41. The van der Waals surface area contributed by atoms with Gasteiger partial charge in [0.25, 0.3) is 0 Å². The van der Waals surface area contributed by atoms with Gasteiger partial charge in [-0.25, -0.2) is 0 Å². The highest BCUT2D eigenvalue weighted by Crippen LogP contribution is 2.36. The van der Waals surface area contributed by atoms with Crippen LogP contribution < -0.4 is 9.64 Å². The first-order chi connectivity index (χ1) is 11.2. The molecule has 1 aliphatic rings. The van der Waals surface area contributed by atoms with Crippen molar-refractivity contribution < 1.29 is 9.84 Å². The lowest BCUT2D eigenvalue weighted by Gasteiger charge is -2.36. The van der Waals surface area contributed by atoms with E-state index in [0.29, 0.717) is 5.75 Å². The number of fused-ring (bicyclic) bond motifs is 1. The van der Waals surface area contributed by atoms with Gasteiger partial charge in [0.1, 0.15) is 17.6 Å². The van der Waals surface area contributed by atoms with E-state index >= 15 is 0 Å². The molecule has 1 atom stereocenters. The molecule has 0 saturated carbocycles. The van der Waals surface area contributed by atoms with Gasteiger partial charge in [0.2, 0.25) is 0 Å². The minimum absolute atomic E-state index is 0.145. The molecule has 0 aromatic heterocycles. The smallest absolute Gasteiger partial charge is 0.143 e. The van der Waals surface area contributed by atoms with Crippen molar-refractivity contribution in [2.45, 2.75) is 39.2 Å². The Kier molecular flexibility index (Phi) is 4.75. The number of phenols is 1. The minimum atomic E-state index is 0.145. The van der Waals surface area contributed by atoms with Crippen molar-refractivity contribution in [3.63, 3.8) is 0 Å². The molecule has 0 bridgehead atoms. The molecular formula is C20H25NO2. The van der Waals surface area contributed by atoms with Crippen LogP contribution in [0, 0.1) is 6.92 Å². The Hall–Kier alpha value is -2.16. The molecule has 3 rings (SSSR count). The van der Waals surface area contributed by atoms with Crippen molar-refractivity contribution in [3.8, 4) is 11.5 Å². The molecule has 1 N–H and O–H groups in total. The van der Waals surface area contributed by atoms with Crippen molar-refractivity contribution in [3.05, 3.63) is 53.6 Å². The third-order valence-corrected chi connectivity index (χ3v) is 4.37. The summed E-state index contributed by atoms with van der Waals surface area (Å²) in [6, 6.07) is 14.1. The number of unbranched alkanes of at least 4 members (excludes halogenated alkanes) is 1. The third-order valence-electron chi connectivity index (χ3n) is 4.37. The average molecular weight is 311 g/mol. The van der Waals surface area contributed by atoms with Crippen molar-refractivity contribution >= 4 is 5.69 Å². The summed E-state index contributed by atoms with van der Waals surface area (Å²) >= 11 is 0. The van der Waals surface area contributed by atoms with Gasteiger partial charge in [-0.2, -0.15) is 0 Å². The highest BCUT2D eigenvalue weighted by molar-refractivity contribution is 5.63. The Morgan fingerprint density at radius 3 is 2.70 bits per heavy atom. The Morgan fingerprint density at radius 2 is 1.96 bits per heavy atom. The molecular weight excluding hydrogens is 286 g/mol. The molecule has 1 heterocycles. The maximum Gasteiger partial charge on any atom is 0.143 e. The van der Waals surface area contributed by atoms with Crippen LogP contribution in [0.3, 0.4) is 0 Å². The highest BCUT2D eigenvalue weighted by Gasteiger charge is 2.25. The fourth-order valence-electron chi connectivity index (χ4n) is 3.07. The first-order valence-corrected chi connectivity index (χ1v) is 8.46. The van der Waals surface area contributed by atoms with E-state index < -0.39 is 0 Å². The molecule has 2 aromatic carbocycles. The van der Waals surface area contributed by atoms with Crippen molar-refractivity contribution in [1.82, 2.24) is 0 Å². The lowest BCUT2D eigenvalue weighted by atomic mass is 10.0. The predicted octanol–water partition coefficient (Wildman–Crippen LogP) is 4.31. The van der Waals surface area contributed by atoms with Gasteiger partial charge in [-0.3, -0.25) is 0 Å². The standard InChI is InChI=1S/C20H25NO2/c1-3-4-11-21-14-18(12-16-7-5-15(2)6-8-16)23-20-10-9-17(22)13-19(20)21/h5-10,13,18,22H,3-4,11-12,14H2,1-2H3. The van der Waals surface area contributed by atoms with Gasteiger partial charge < -0.3 is 14.7 Å². The van der Waals surface area contributed by atoms with Crippen molar-refractivity contribution in [1.29, 1.82) is 0 Å². The summed E-state index contributed by atoms with van der Waals surface area (Å²) < 4.78 is 6.18. The van der Waals surface area contributed by atoms with Gasteiger partial charge in [-0.05, 0) is 31.0 Å². The molecule has 0 aliphatic carbocycles. The number of hydrogen-bond acceptors (Lipinski definition) is 3. The number of aryl methyl sites for hydroxylation is 1. The number of anilines is 1. The Labute approximate surface area is 138 Å². The number of nitrogens with zero attached hydrogens (tertiary/aromatic N) is 1. The van der Waals surface area contributed by atoms with Crippen LogP contribution in [-0.2, 0) is 6.42 Å². The van der Waals surface area contributed by atoms with Crippen LogP contribution in [0.5, 0.6) is 11.5 Å². The van der Waals surface area contributed by atoms with Crippen LogP contribution in [0.4, 0.5) is 5.69 Å². The predicted molar refractivity (Wildman–Crippen MR) is 94.5 cm³/mol. The van der Waals surface area contributed by atoms with Crippen LogP contribution in [-0.4, -0.2) is 24.3 Å². The van der Waals surface area contributed by atoms with Gasteiger partial charge in [0.15, 0.2) is 0 Å². The van der Waals surface area contributed by atoms with E-state index in [1.54, 1.807) is 6.07 Å². The summed E-state index contributed by atoms with van der Waals surface area (Å²) in [4.78, 5) is 2.35. The molecule has 0 saturated heterocycles. The average Bonchev–Trinajstić information content (AvgIpc) is 2.55. The number of ether oxygens (including phenoxy) is 1. The van der Waals surface area contributed by atoms with Crippen LogP contribution in [0.25, 0.3) is 0 Å². The summed E-state index contributed by atoms with van der Waals surface area (Å²) in [5.41, 5.74) is 3.60. The molecule has 23 heavy (non-hydrogen) atoms. The van der Waals surface area contributed by atoms with Crippen molar-refractivity contribution in [2.75, 3.05) is 18.0 Å². The summed E-state index contributed by atoms with van der Waals surface area (Å²) in [5, 5.41) is 9.78. The SMILES string of the molecule is CCCCN1CC(Cc2ccc(C)cc2)Oc2ccc(O)cc21. The largest absolute Gasteiger partial charge is 0.508 e. The molecule has 0 amide bonds. The van der Waals surface area contributed by atoms with E-state index in [1.165, 1.54) is 11.1 Å². The topological polar surface area (TPSA) is 32.7 Å². The fourth-order valence-corrected chi connectivity index (χ4v) is 3.07. The van der Waals surface area contributed by atoms with E-state index in [1.807, 2.05) is 12.1 Å². The summed E-state index contributed by atoms with van der Waals surface area (Å²) in [6.45, 7) is 6.18. The molecule has 0 fully saturated rings. The molecule has 3 nitrogen and oxygen atoms in total. The highest BCUT2D eigenvalue weighted by atomic mass is 16.5. The normalized spacial score (nSPS) is 16.8. The van der Waals surface area contributed by atoms with E-state index in [9.17, 15) is 5.11 Å². The molecule has 2 aromatic rings. The van der Waals surface area contributed by atoms with Crippen LogP contribution >= 0.6 is 0 Å².